The van der Waals surface area contributed by atoms with Gasteiger partial charge in [0.2, 0.25) is 11.8 Å². The van der Waals surface area contributed by atoms with Crippen LogP contribution in [0.25, 0.3) is 0 Å². The Morgan fingerprint density at radius 2 is 1.92 bits per heavy atom. The van der Waals surface area contributed by atoms with E-state index in [1.54, 1.807) is 20.7 Å². The Bertz CT molecular complexity index is 809. The molecule has 1 aliphatic rings. The molecule has 1 saturated heterocycles. The molecule has 0 radical (unpaired) electrons. The molecule has 26 heavy (non-hydrogen) atoms. The molecule has 0 bridgehead atoms. The fraction of sp³-hybridized carbons (Fsp3) is 0.316. The highest BCUT2D eigenvalue weighted by atomic mass is 35.5. The number of nitrogens with zero attached hydrogens (tertiary/aromatic N) is 4. The summed E-state index contributed by atoms with van der Waals surface area (Å²) in [4.78, 5) is 28.0. The van der Waals surface area contributed by atoms with Gasteiger partial charge in [-0.1, -0.05) is 30.3 Å². The Labute approximate surface area is 157 Å². The minimum atomic E-state index is -0.178. The predicted octanol–water partition coefficient (Wildman–Crippen LogP) is 2.25. The zero-order valence-electron chi connectivity index (χ0n) is 14.6. The van der Waals surface area contributed by atoms with Gasteiger partial charge in [-0.05, 0) is 23.8 Å². The summed E-state index contributed by atoms with van der Waals surface area (Å²) in [6.07, 6.45) is 4.94. The number of hydrogen-bond acceptors (Lipinski definition) is 3. The van der Waals surface area contributed by atoms with Crippen LogP contribution in [0.3, 0.4) is 0 Å². The van der Waals surface area contributed by atoms with Gasteiger partial charge in [0.05, 0.1) is 12.1 Å². The number of benzene rings is 1. The lowest BCUT2D eigenvalue weighted by molar-refractivity contribution is -0.147. The Kier molecular flexibility index (Phi) is 5.42. The standard InChI is InChI=1S/C19H21ClN4O2/c1-3-18(25)23-12-16(13-23)19(26)24(11-15-8-21-22(2)9-15)10-14-4-6-17(20)7-5-14/h3-9,16H,1,10-13H2,2H3. The molecule has 136 valence electrons. The number of rotatable bonds is 6. The first kappa shape index (κ1) is 18.2. The number of likely N-dealkylation sites (tertiary alicyclic amines) is 1. The molecule has 1 fully saturated rings. The van der Waals surface area contributed by atoms with Crippen LogP contribution in [0, 0.1) is 5.92 Å². The quantitative estimate of drug-likeness (QED) is 0.731. The third-order valence-corrected chi connectivity index (χ3v) is 4.70. The summed E-state index contributed by atoms with van der Waals surface area (Å²) in [7, 11) is 1.85. The zero-order chi connectivity index (χ0) is 18.7. The molecule has 1 aromatic carbocycles. The lowest BCUT2D eigenvalue weighted by Crippen LogP contribution is -2.55. The van der Waals surface area contributed by atoms with E-state index in [2.05, 4.69) is 11.7 Å². The second kappa shape index (κ2) is 7.74. The van der Waals surface area contributed by atoms with Gasteiger partial charge in [0.25, 0.3) is 0 Å². The fourth-order valence-electron chi connectivity index (χ4n) is 3.00. The van der Waals surface area contributed by atoms with Gasteiger partial charge in [0.15, 0.2) is 0 Å². The molecule has 0 saturated carbocycles. The van der Waals surface area contributed by atoms with E-state index in [1.807, 2.05) is 37.5 Å². The van der Waals surface area contributed by atoms with Gasteiger partial charge in [-0.25, -0.2) is 0 Å². The van der Waals surface area contributed by atoms with Crippen LogP contribution in [0.1, 0.15) is 11.1 Å². The minimum absolute atomic E-state index is 0.0388. The van der Waals surface area contributed by atoms with E-state index in [0.29, 0.717) is 31.2 Å². The van der Waals surface area contributed by atoms with E-state index in [0.717, 1.165) is 11.1 Å². The molecule has 0 aliphatic carbocycles. The number of aryl methyl sites for hydroxylation is 1. The summed E-state index contributed by atoms with van der Waals surface area (Å²) in [5.41, 5.74) is 1.97. The van der Waals surface area contributed by atoms with Crippen LogP contribution in [0.4, 0.5) is 0 Å². The van der Waals surface area contributed by atoms with Gasteiger partial charge in [0.1, 0.15) is 0 Å². The van der Waals surface area contributed by atoms with E-state index >= 15 is 0 Å². The summed E-state index contributed by atoms with van der Waals surface area (Å²) in [5.74, 6) is -0.273. The molecule has 0 atom stereocenters. The van der Waals surface area contributed by atoms with Gasteiger partial charge < -0.3 is 9.80 Å². The first-order valence-electron chi connectivity index (χ1n) is 8.38. The lowest BCUT2D eigenvalue weighted by atomic mass is 9.97. The summed E-state index contributed by atoms with van der Waals surface area (Å²) in [6, 6.07) is 7.47. The van der Waals surface area contributed by atoms with Crippen molar-refractivity contribution in [3.63, 3.8) is 0 Å². The van der Waals surface area contributed by atoms with Gasteiger partial charge in [-0.3, -0.25) is 14.3 Å². The Morgan fingerprint density at radius 1 is 1.27 bits per heavy atom. The van der Waals surface area contributed by atoms with Crippen molar-refractivity contribution in [2.24, 2.45) is 13.0 Å². The van der Waals surface area contributed by atoms with Gasteiger partial charge in [-0.2, -0.15) is 5.10 Å². The first-order valence-corrected chi connectivity index (χ1v) is 8.76. The molecule has 3 rings (SSSR count). The monoisotopic (exact) mass is 372 g/mol. The Hall–Kier alpha value is -2.60. The van der Waals surface area contributed by atoms with Crippen molar-refractivity contribution in [3.8, 4) is 0 Å². The van der Waals surface area contributed by atoms with Crippen molar-refractivity contribution in [2.45, 2.75) is 13.1 Å². The zero-order valence-corrected chi connectivity index (χ0v) is 15.4. The fourth-order valence-corrected chi connectivity index (χ4v) is 3.12. The molecule has 1 aromatic heterocycles. The second-order valence-corrected chi connectivity index (χ2v) is 6.92. The highest BCUT2D eigenvalue weighted by molar-refractivity contribution is 6.30. The summed E-state index contributed by atoms with van der Waals surface area (Å²) in [6.45, 7) is 5.32. The van der Waals surface area contributed by atoms with Crippen LogP contribution >= 0.6 is 11.6 Å². The number of aromatic nitrogens is 2. The van der Waals surface area contributed by atoms with Crippen LogP contribution in [0.2, 0.25) is 5.02 Å². The van der Waals surface area contributed by atoms with E-state index in [-0.39, 0.29) is 17.7 Å². The van der Waals surface area contributed by atoms with Crippen LogP contribution < -0.4 is 0 Å². The van der Waals surface area contributed by atoms with Gasteiger partial charge in [-0.15, -0.1) is 0 Å². The third-order valence-electron chi connectivity index (χ3n) is 4.45. The van der Waals surface area contributed by atoms with E-state index in [1.165, 1.54) is 6.08 Å². The molecule has 7 heteroatoms. The summed E-state index contributed by atoms with van der Waals surface area (Å²) >= 11 is 5.95. The smallest absolute Gasteiger partial charge is 0.246 e. The molecular formula is C19H21ClN4O2. The molecule has 2 aromatic rings. The van der Waals surface area contributed by atoms with Crippen molar-refractivity contribution in [1.82, 2.24) is 19.6 Å². The summed E-state index contributed by atoms with van der Waals surface area (Å²) < 4.78 is 1.72. The van der Waals surface area contributed by atoms with Gasteiger partial charge in [0, 0.05) is 50.0 Å². The molecular weight excluding hydrogens is 352 g/mol. The van der Waals surface area contributed by atoms with Crippen molar-refractivity contribution >= 4 is 23.4 Å². The Morgan fingerprint density at radius 3 is 2.50 bits per heavy atom. The summed E-state index contributed by atoms with van der Waals surface area (Å²) in [5, 5.41) is 4.83. The van der Waals surface area contributed by atoms with E-state index in [4.69, 9.17) is 11.6 Å². The topological polar surface area (TPSA) is 58.4 Å². The molecule has 1 aliphatic heterocycles. The van der Waals surface area contributed by atoms with Crippen LogP contribution in [-0.2, 0) is 29.7 Å². The number of carbonyl (C=O) groups is 2. The molecule has 2 amide bonds. The number of carbonyl (C=O) groups excluding carboxylic acids is 2. The number of hydrogen-bond donors (Lipinski definition) is 0. The van der Waals surface area contributed by atoms with Crippen molar-refractivity contribution in [3.05, 3.63) is 65.5 Å². The van der Waals surface area contributed by atoms with Crippen molar-refractivity contribution < 1.29 is 9.59 Å². The molecule has 0 spiro atoms. The van der Waals surface area contributed by atoms with Crippen LogP contribution in [-0.4, -0.2) is 44.5 Å². The average molecular weight is 373 g/mol. The maximum Gasteiger partial charge on any atom is 0.246 e. The van der Waals surface area contributed by atoms with Crippen molar-refractivity contribution in [1.29, 1.82) is 0 Å². The molecule has 2 heterocycles. The number of amides is 2. The predicted molar refractivity (Wildman–Crippen MR) is 99.2 cm³/mol. The minimum Gasteiger partial charge on any atom is -0.337 e. The van der Waals surface area contributed by atoms with Crippen LogP contribution in [0.15, 0.2) is 49.3 Å². The molecule has 6 nitrogen and oxygen atoms in total. The van der Waals surface area contributed by atoms with E-state index in [9.17, 15) is 9.59 Å². The number of halogens is 1. The van der Waals surface area contributed by atoms with Crippen LogP contribution in [0.5, 0.6) is 0 Å². The third kappa shape index (κ3) is 4.14. The molecule has 0 unspecified atom stereocenters. The SMILES string of the molecule is C=CC(=O)N1CC(C(=O)N(Cc2ccc(Cl)cc2)Cc2cnn(C)c2)C1. The maximum atomic E-state index is 13.0. The highest BCUT2D eigenvalue weighted by Crippen LogP contribution is 2.22. The van der Waals surface area contributed by atoms with Gasteiger partial charge >= 0.3 is 0 Å². The second-order valence-electron chi connectivity index (χ2n) is 6.49. The molecule has 0 N–H and O–H groups in total. The lowest BCUT2D eigenvalue weighted by Gasteiger charge is -2.40. The highest BCUT2D eigenvalue weighted by Gasteiger charge is 2.37. The average Bonchev–Trinajstić information content (AvgIpc) is 2.99. The Balaban J connectivity index is 1.71. The van der Waals surface area contributed by atoms with E-state index < -0.39 is 0 Å². The first-order chi connectivity index (χ1) is 12.5. The normalized spacial score (nSPS) is 14.0. The van der Waals surface area contributed by atoms with Crippen molar-refractivity contribution in [2.75, 3.05) is 13.1 Å². The largest absolute Gasteiger partial charge is 0.337 e. The maximum absolute atomic E-state index is 13.0.